The summed E-state index contributed by atoms with van der Waals surface area (Å²) < 4.78 is 28.6. The number of piperidine rings is 1. The van der Waals surface area contributed by atoms with Crippen LogP contribution < -0.4 is 5.32 Å². The van der Waals surface area contributed by atoms with Gasteiger partial charge in [-0.1, -0.05) is 30.3 Å². The molecule has 1 amide bonds. The van der Waals surface area contributed by atoms with E-state index in [1.165, 1.54) is 5.56 Å². The molecular weight excluding hydrogens is 415 g/mol. The number of nitrogens with zero attached hydrogens (tertiary/aromatic N) is 1. The van der Waals surface area contributed by atoms with Gasteiger partial charge in [0.05, 0.1) is 19.4 Å². The zero-order valence-corrected chi connectivity index (χ0v) is 20.4. The van der Waals surface area contributed by atoms with Crippen LogP contribution in [-0.4, -0.2) is 55.6 Å². The molecular formula is C23H39N2O5P. The fourth-order valence-electron chi connectivity index (χ4n) is 4.07. The van der Waals surface area contributed by atoms with Crippen molar-refractivity contribution in [2.75, 3.05) is 39.0 Å². The lowest BCUT2D eigenvalue weighted by molar-refractivity contribution is 0.0118. The molecule has 1 aliphatic rings. The van der Waals surface area contributed by atoms with Crippen LogP contribution in [0.1, 0.15) is 52.5 Å². The molecule has 1 fully saturated rings. The van der Waals surface area contributed by atoms with Crippen molar-refractivity contribution in [3.63, 3.8) is 0 Å². The van der Waals surface area contributed by atoms with Crippen molar-refractivity contribution in [1.29, 1.82) is 0 Å². The second kappa shape index (κ2) is 12.6. The number of hydrogen-bond donors (Lipinski definition) is 1. The predicted octanol–water partition coefficient (Wildman–Crippen LogP) is 5.06. The van der Waals surface area contributed by atoms with E-state index in [9.17, 15) is 9.36 Å². The lowest BCUT2D eigenvalue weighted by Gasteiger charge is -2.36. The van der Waals surface area contributed by atoms with E-state index < -0.39 is 19.3 Å². The first-order chi connectivity index (χ1) is 14.8. The number of benzene rings is 1. The summed E-state index contributed by atoms with van der Waals surface area (Å²) in [6.45, 7) is 11.3. The summed E-state index contributed by atoms with van der Waals surface area (Å²) >= 11 is 0. The largest absolute Gasteiger partial charge is 0.444 e. The highest BCUT2D eigenvalue weighted by Gasteiger charge is 2.30. The Labute approximate surface area is 187 Å². The Balaban J connectivity index is 1.70. The van der Waals surface area contributed by atoms with E-state index in [2.05, 4.69) is 34.5 Å². The van der Waals surface area contributed by atoms with Crippen LogP contribution in [0, 0.1) is 5.92 Å². The van der Waals surface area contributed by atoms with Gasteiger partial charge >= 0.3 is 13.7 Å². The maximum atomic E-state index is 12.4. The number of ether oxygens (including phenoxy) is 1. The van der Waals surface area contributed by atoms with E-state index in [0.717, 1.165) is 38.9 Å². The first-order valence-electron chi connectivity index (χ1n) is 11.4. The zero-order valence-electron chi connectivity index (χ0n) is 19.5. The van der Waals surface area contributed by atoms with Gasteiger partial charge in [0.15, 0.2) is 0 Å². The van der Waals surface area contributed by atoms with Crippen LogP contribution in [-0.2, 0) is 24.9 Å². The van der Waals surface area contributed by atoms with Gasteiger partial charge in [0.2, 0.25) is 0 Å². The molecule has 176 valence electrons. The summed E-state index contributed by atoms with van der Waals surface area (Å²) in [5.41, 5.74) is 0.791. The molecule has 1 aromatic carbocycles. The fourth-order valence-corrected chi connectivity index (χ4v) is 5.57. The third-order valence-electron chi connectivity index (χ3n) is 5.41. The molecule has 0 aromatic heterocycles. The average molecular weight is 455 g/mol. The van der Waals surface area contributed by atoms with Gasteiger partial charge in [0, 0.05) is 13.1 Å². The lowest BCUT2D eigenvalue weighted by Crippen LogP contribution is -2.40. The second-order valence-electron chi connectivity index (χ2n) is 8.66. The molecule has 1 saturated heterocycles. The summed E-state index contributed by atoms with van der Waals surface area (Å²) in [6.07, 6.45) is 2.67. The van der Waals surface area contributed by atoms with Gasteiger partial charge in [0.25, 0.3) is 0 Å². The third kappa shape index (κ3) is 9.73. The highest BCUT2D eigenvalue weighted by molar-refractivity contribution is 7.53. The molecule has 8 heteroatoms. The van der Waals surface area contributed by atoms with Crippen molar-refractivity contribution in [2.24, 2.45) is 5.92 Å². The highest BCUT2D eigenvalue weighted by atomic mass is 31.2. The molecule has 0 bridgehead atoms. The number of likely N-dealkylation sites (tertiary alicyclic amines) is 1. The summed E-state index contributed by atoms with van der Waals surface area (Å²) in [5.74, 6) is 0.533. The molecule has 1 N–H and O–H groups in total. The monoisotopic (exact) mass is 454 g/mol. The summed E-state index contributed by atoms with van der Waals surface area (Å²) in [4.78, 5) is 14.7. The Kier molecular flexibility index (Phi) is 10.5. The van der Waals surface area contributed by atoms with Crippen molar-refractivity contribution < 1.29 is 23.1 Å². The SMILES string of the molecule is CCOP(=O)(CCNC(=O)OC(C)(C)CC1CCN(Cc2ccccc2)CC1)OCC. The van der Waals surface area contributed by atoms with Crippen LogP contribution in [0.15, 0.2) is 30.3 Å². The highest BCUT2D eigenvalue weighted by Crippen LogP contribution is 2.47. The minimum absolute atomic E-state index is 0.129. The van der Waals surface area contributed by atoms with Crippen molar-refractivity contribution in [2.45, 2.75) is 59.1 Å². The molecule has 0 unspecified atom stereocenters. The van der Waals surface area contributed by atoms with Crippen LogP contribution in [0.4, 0.5) is 4.79 Å². The Hall–Kier alpha value is -1.40. The maximum Gasteiger partial charge on any atom is 0.407 e. The lowest BCUT2D eigenvalue weighted by atomic mass is 9.86. The van der Waals surface area contributed by atoms with Crippen molar-refractivity contribution >= 4 is 13.7 Å². The first kappa shape index (κ1) is 25.9. The molecule has 0 radical (unpaired) electrons. The molecule has 0 aliphatic carbocycles. The van der Waals surface area contributed by atoms with Gasteiger partial charge in [-0.15, -0.1) is 0 Å². The zero-order chi connectivity index (χ0) is 22.7. The van der Waals surface area contributed by atoms with Gasteiger partial charge in [0.1, 0.15) is 5.60 Å². The number of rotatable bonds is 12. The average Bonchev–Trinajstić information content (AvgIpc) is 2.70. The van der Waals surface area contributed by atoms with E-state index in [-0.39, 0.29) is 12.7 Å². The molecule has 7 nitrogen and oxygen atoms in total. The number of amides is 1. The number of alkyl carbamates (subject to hydrolysis) is 1. The van der Waals surface area contributed by atoms with E-state index in [0.29, 0.717) is 19.1 Å². The molecule has 2 rings (SSSR count). The van der Waals surface area contributed by atoms with Gasteiger partial charge in [-0.3, -0.25) is 9.46 Å². The summed E-state index contributed by atoms with van der Waals surface area (Å²) in [5, 5.41) is 2.68. The molecule has 1 heterocycles. The fraction of sp³-hybridized carbons (Fsp3) is 0.696. The molecule has 0 spiro atoms. The minimum atomic E-state index is -3.16. The van der Waals surface area contributed by atoms with Crippen LogP contribution in [0.2, 0.25) is 0 Å². The van der Waals surface area contributed by atoms with Crippen LogP contribution in [0.5, 0.6) is 0 Å². The summed E-state index contributed by atoms with van der Waals surface area (Å²) in [6, 6.07) is 10.6. The third-order valence-corrected chi connectivity index (χ3v) is 7.49. The standard InChI is InChI=1S/C23H39N2O5P/c1-5-28-31(27,29-6-2)17-14-24-22(26)30-23(3,4)18-20-12-15-25(16-13-20)19-21-10-8-7-9-11-21/h7-11,20H,5-6,12-19H2,1-4H3,(H,24,26). The van der Waals surface area contributed by atoms with Crippen LogP contribution >= 0.6 is 7.60 Å². The van der Waals surface area contributed by atoms with Crippen LogP contribution in [0.3, 0.4) is 0 Å². The quantitative estimate of drug-likeness (QED) is 0.445. The second-order valence-corrected chi connectivity index (χ2v) is 10.8. The van der Waals surface area contributed by atoms with Gasteiger partial charge in [-0.25, -0.2) is 4.79 Å². The minimum Gasteiger partial charge on any atom is -0.444 e. The number of nitrogens with one attached hydrogen (secondary N) is 1. The van der Waals surface area contributed by atoms with E-state index >= 15 is 0 Å². The number of hydrogen-bond acceptors (Lipinski definition) is 6. The molecule has 0 saturated carbocycles. The Bertz CT molecular complexity index is 695. The van der Waals surface area contributed by atoms with Crippen LogP contribution in [0.25, 0.3) is 0 Å². The van der Waals surface area contributed by atoms with Crippen molar-refractivity contribution in [3.05, 3.63) is 35.9 Å². The number of carbonyl (C=O) groups excluding carboxylic acids is 1. The first-order valence-corrected chi connectivity index (χ1v) is 13.1. The Morgan fingerprint density at radius 1 is 1.13 bits per heavy atom. The summed E-state index contributed by atoms with van der Waals surface area (Å²) in [7, 11) is -3.16. The topological polar surface area (TPSA) is 77.1 Å². The van der Waals surface area contributed by atoms with Gasteiger partial charge in [-0.2, -0.15) is 0 Å². The van der Waals surface area contributed by atoms with E-state index in [1.54, 1.807) is 13.8 Å². The Morgan fingerprint density at radius 3 is 2.32 bits per heavy atom. The van der Waals surface area contributed by atoms with Crippen molar-refractivity contribution in [3.8, 4) is 0 Å². The van der Waals surface area contributed by atoms with Gasteiger partial charge < -0.3 is 19.1 Å². The smallest absolute Gasteiger partial charge is 0.407 e. The molecule has 1 aromatic rings. The van der Waals surface area contributed by atoms with E-state index in [4.69, 9.17) is 13.8 Å². The van der Waals surface area contributed by atoms with Gasteiger partial charge in [-0.05, 0) is 71.5 Å². The Morgan fingerprint density at radius 2 is 1.74 bits per heavy atom. The molecule has 0 atom stereocenters. The number of carbonyl (C=O) groups is 1. The predicted molar refractivity (Wildman–Crippen MR) is 123 cm³/mol. The van der Waals surface area contributed by atoms with E-state index in [1.807, 2.05) is 19.9 Å². The molecule has 1 aliphatic heterocycles. The molecule has 31 heavy (non-hydrogen) atoms. The van der Waals surface area contributed by atoms with Crippen molar-refractivity contribution in [1.82, 2.24) is 10.2 Å². The maximum absolute atomic E-state index is 12.4. The normalized spacial score (nSPS) is 16.3.